The van der Waals surface area contributed by atoms with E-state index in [1.54, 1.807) is 24.5 Å². The van der Waals surface area contributed by atoms with Gasteiger partial charge in [0.05, 0.1) is 12.1 Å². The summed E-state index contributed by atoms with van der Waals surface area (Å²) in [6.07, 6.45) is 1.82. The third kappa shape index (κ3) is 3.45. The van der Waals surface area contributed by atoms with Crippen molar-refractivity contribution in [2.75, 3.05) is 13.7 Å². The van der Waals surface area contributed by atoms with Crippen molar-refractivity contribution in [2.45, 2.75) is 19.4 Å². The molecule has 19 heavy (non-hydrogen) atoms. The lowest BCUT2D eigenvalue weighted by Gasteiger charge is -2.12. The van der Waals surface area contributed by atoms with E-state index in [9.17, 15) is 5.11 Å². The third-order valence-corrected chi connectivity index (χ3v) is 3.95. The van der Waals surface area contributed by atoms with Crippen LogP contribution in [0.5, 0.6) is 11.5 Å². The summed E-state index contributed by atoms with van der Waals surface area (Å²) in [6.45, 7) is 3.57. The first-order chi connectivity index (χ1) is 9.22. The van der Waals surface area contributed by atoms with Crippen LogP contribution in [-0.4, -0.2) is 23.7 Å². The van der Waals surface area contributed by atoms with Gasteiger partial charge in [-0.3, -0.25) is 0 Å². The number of nitrogens with zero attached hydrogens (tertiary/aromatic N) is 1. The smallest absolute Gasteiger partial charge is 0.162 e. The van der Waals surface area contributed by atoms with Gasteiger partial charge in [0.1, 0.15) is 0 Å². The minimum absolute atomic E-state index is 0.208. The molecule has 0 spiro atoms. The highest BCUT2D eigenvalue weighted by molar-refractivity contribution is 7.09. The van der Waals surface area contributed by atoms with Crippen molar-refractivity contribution < 1.29 is 9.84 Å². The highest BCUT2D eigenvalue weighted by atomic mass is 32.1. The van der Waals surface area contributed by atoms with Crippen molar-refractivity contribution in [1.82, 2.24) is 10.3 Å². The molecule has 1 heterocycles. The van der Waals surface area contributed by atoms with E-state index in [4.69, 9.17) is 4.74 Å². The molecular weight excluding hydrogens is 260 g/mol. The number of hydrogen-bond donors (Lipinski definition) is 2. The first-order valence-electron chi connectivity index (χ1n) is 6.17. The molecular formula is C14H18N2O2S. The second-order valence-corrected chi connectivity index (χ2v) is 5.30. The Labute approximate surface area is 117 Å². The highest BCUT2D eigenvalue weighted by Crippen LogP contribution is 2.29. The summed E-state index contributed by atoms with van der Waals surface area (Å²) >= 11 is 1.67. The Kier molecular flexibility index (Phi) is 4.76. The summed E-state index contributed by atoms with van der Waals surface area (Å²) < 4.78 is 5.09. The van der Waals surface area contributed by atoms with E-state index in [-0.39, 0.29) is 5.75 Å². The lowest BCUT2D eigenvalue weighted by Crippen LogP contribution is -2.19. The number of nitrogens with one attached hydrogen (secondary N) is 1. The highest BCUT2D eigenvalue weighted by Gasteiger charge is 2.10. The van der Waals surface area contributed by atoms with Crippen molar-refractivity contribution >= 4 is 11.3 Å². The second kappa shape index (κ2) is 6.54. The average molecular weight is 278 g/mol. The van der Waals surface area contributed by atoms with Gasteiger partial charge in [0.15, 0.2) is 11.5 Å². The maximum absolute atomic E-state index is 9.96. The molecule has 0 saturated carbocycles. The van der Waals surface area contributed by atoms with Gasteiger partial charge in [0, 0.05) is 36.1 Å². The Morgan fingerprint density at radius 2 is 2.32 bits per heavy atom. The van der Waals surface area contributed by atoms with E-state index in [1.807, 2.05) is 23.7 Å². The van der Waals surface area contributed by atoms with Crippen LogP contribution < -0.4 is 10.1 Å². The summed E-state index contributed by atoms with van der Waals surface area (Å²) in [7, 11) is 1.55. The average Bonchev–Trinajstić information content (AvgIpc) is 2.94. The standard InChI is InChI=1S/C14H18N2O2S/c1-10(14-16-6-7-19-14)8-15-9-11-4-3-5-12(18-2)13(11)17/h3-7,10,15,17H,8-9H2,1-2H3. The lowest BCUT2D eigenvalue weighted by atomic mass is 10.1. The molecule has 0 aliphatic rings. The number of ether oxygens (including phenoxy) is 1. The van der Waals surface area contributed by atoms with Crippen LogP contribution in [0.4, 0.5) is 0 Å². The van der Waals surface area contributed by atoms with E-state index in [2.05, 4.69) is 17.2 Å². The Morgan fingerprint density at radius 3 is 3.00 bits per heavy atom. The van der Waals surface area contributed by atoms with Crippen molar-refractivity contribution in [2.24, 2.45) is 0 Å². The van der Waals surface area contributed by atoms with E-state index in [0.29, 0.717) is 18.2 Å². The van der Waals surface area contributed by atoms with Crippen LogP contribution in [0.1, 0.15) is 23.4 Å². The minimum Gasteiger partial charge on any atom is -0.504 e. The number of rotatable bonds is 6. The zero-order valence-electron chi connectivity index (χ0n) is 11.1. The number of benzene rings is 1. The summed E-state index contributed by atoms with van der Waals surface area (Å²) in [5, 5.41) is 16.4. The van der Waals surface area contributed by atoms with Crippen LogP contribution in [0, 0.1) is 0 Å². The normalized spacial score (nSPS) is 12.3. The van der Waals surface area contributed by atoms with E-state index in [0.717, 1.165) is 17.1 Å². The van der Waals surface area contributed by atoms with Gasteiger partial charge in [-0.25, -0.2) is 4.98 Å². The SMILES string of the molecule is COc1cccc(CNCC(C)c2nccs2)c1O. The van der Waals surface area contributed by atoms with Crippen LogP contribution in [0.25, 0.3) is 0 Å². The molecule has 0 fully saturated rings. The molecule has 1 aromatic heterocycles. The van der Waals surface area contributed by atoms with Gasteiger partial charge in [-0.2, -0.15) is 0 Å². The quantitative estimate of drug-likeness (QED) is 0.853. The van der Waals surface area contributed by atoms with Gasteiger partial charge in [0.25, 0.3) is 0 Å². The molecule has 0 amide bonds. The number of para-hydroxylation sites is 1. The van der Waals surface area contributed by atoms with Gasteiger partial charge in [-0.1, -0.05) is 19.1 Å². The van der Waals surface area contributed by atoms with Crippen molar-refractivity contribution in [3.63, 3.8) is 0 Å². The molecule has 1 atom stereocenters. The molecule has 102 valence electrons. The second-order valence-electron chi connectivity index (χ2n) is 4.37. The summed E-state index contributed by atoms with van der Waals surface area (Å²) in [4.78, 5) is 4.30. The fraction of sp³-hybridized carbons (Fsp3) is 0.357. The minimum atomic E-state index is 0.208. The Bertz CT molecular complexity index is 514. The maximum Gasteiger partial charge on any atom is 0.162 e. The van der Waals surface area contributed by atoms with Crippen LogP contribution in [0.15, 0.2) is 29.8 Å². The molecule has 2 N–H and O–H groups in total. The van der Waals surface area contributed by atoms with Gasteiger partial charge in [0.2, 0.25) is 0 Å². The number of phenolic OH excluding ortho intramolecular Hbond substituents is 1. The molecule has 0 bridgehead atoms. The van der Waals surface area contributed by atoms with Gasteiger partial charge in [-0.15, -0.1) is 11.3 Å². The fourth-order valence-corrected chi connectivity index (χ4v) is 2.56. The van der Waals surface area contributed by atoms with Crippen LogP contribution in [-0.2, 0) is 6.54 Å². The number of methoxy groups -OCH3 is 1. The predicted molar refractivity (Wildman–Crippen MR) is 76.9 cm³/mol. The maximum atomic E-state index is 9.96. The first kappa shape index (κ1) is 13.8. The number of aromatic hydroxyl groups is 1. The molecule has 0 saturated heterocycles. The monoisotopic (exact) mass is 278 g/mol. The molecule has 5 heteroatoms. The summed E-state index contributed by atoms with van der Waals surface area (Å²) in [5.74, 6) is 1.08. The molecule has 0 aliphatic carbocycles. The zero-order valence-corrected chi connectivity index (χ0v) is 11.9. The Balaban J connectivity index is 1.89. The molecule has 4 nitrogen and oxygen atoms in total. The van der Waals surface area contributed by atoms with Crippen molar-refractivity contribution in [3.05, 3.63) is 40.3 Å². The topological polar surface area (TPSA) is 54.4 Å². The fourth-order valence-electron chi connectivity index (χ4n) is 1.86. The van der Waals surface area contributed by atoms with Crippen LogP contribution in [0.3, 0.4) is 0 Å². The Morgan fingerprint density at radius 1 is 1.47 bits per heavy atom. The predicted octanol–water partition coefficient (Wildman–Crippen LogP) is 2.75. The number of hydrogen-bond acceptors (Lipinski definition) is 5. The largest absolute Gasteiger partial charge is 0.504 e. The van der Waals surface area contributed by atoms with Gasteiger partial charge in [-0.05, 0) is 6.07 Å². The van der Waals surface area contributed by atoms with Crippen molar-refractivity contribution in [1.29, 1.82) is 0 Å². The number of phenols is 1. The molecule has 0 radical (unpaired) electrons. The molecule has 2 aromatic rings. The molecule has 2 rings (SSSR count). The molecule has 1 unspecified atom stereocenters. The molecule has 0 aliphatic heterocycles. The zero-order chi connectivity index (χ0) is 13.7. The van der Waals surface area contributed by atoms with E-state index < -0.39 is 0 Å². The summed E-state index contributed by atoms with van der Waals surface area (Å²) in [6, 6.07) is 5.51. The van der Waals surface area contributed by atoms with E-state index >= 15 is 0 Å². The molecule has 1 aromatic carbocycles. The van der Waals surface area contributed by atoms with Crippen LogP contribution >= 0.6 is 11.3 Å². The number of thiazole rings is 1. The first-order valence-corrected chi connectivity index (χ1v) is 7.05. The number of aromatic nitrogens is 1. The Hall–Kier alpha value is -1.59. The van der Waals surface area contributed by atoms with E-state index in [1.165, 1.54) is 0 Å². The van der Waals surface area contributed by atoms with Gasteiger partial charge >= 0.3 is 0 Å². The third-order valence-electron chi connectivity index (χ3n) is 2.94. The van der Waals surface area contributed by atoms with Crippen molar-refractivity contribution in [3.8, 4) is 11.5 Å². The lowest BCUT2D eigenvalue weighted by molar-refractivity contribution is 0.369. The van der Waals surface area contributed by atoms with Gasteiger partial charge < -0.3 is 15.2 Å². The van der Waals surface area contributed by atoms with Crippen LogP contribution in [0.2, 0.25) is 0 Å². The summed E-state index contributed by atoms with van der Waals surface area (Å²) in [5.41, 5.74) is 0.839.